The number of nitro benzene ring substituents is 1. The molecule has 1 amide bonds. The first-order valence-corrected chi connectivity index (χ1v) is 13.4. The van der Waals surface area contributed by atoms with Crippen LogP contribution in [0.4, 0.5) is 11.4 Å². The number of nitrogens with two attached hydrogens (primary N) is 1. The predicted molar refractivity (Wildman–Crippen MR) is 139 cm³/mol. The van der Waals surface area contributed by atoms with E-state index in [1.54, 1.807) is 18.2 Å². The van der Waals surface area contributed by atoms with Gasteiger partial charge in [-0.1, -0.05) is 24.3 Å². The van der Waals surface area contributed by atoms with Crippen molar-refractivity contribution in [1.29, 1.82) is 0 Å². The van der Waals surface area contributed by atoms with Crippen LogP contribution in [-0.4, -0.2) is 50.3 Å². The first-order valence-electron chi connectivity index (χ1n) is 11.9. The standard InChI is InChI=1S/C26H28N4O6S/c27-26(31)20-8-1-2-9-23(20)36-24-10-3-4-11-25(24)37(34,35)19-12-13-21(22(18-19)30(32)33)28-14-7-17-29-15-5-6-16-29/h1-4,8-13,18,28H,5-7,14-17H2,(H2,27,31). The van der Waals surface area contributed by atoms with Gasteiger partial charge >= 0.3 is 0 Å². The number of benzene rings is 3. The fraction of sp³-hybridized carbons (Fsp3) is 0.269. The number of amides is 1. The van der Waals surface area contributed by atoms with Gasteiger partial charge < -0.3 is 20.7 Å². The highest BCUT2D eigenvalue weighted by Gasteiger charge is 2.27. The maximum absolute atomic E-state index is 13.5. The van der Waals surface area contributed by atoms with Crippen molar-refractivity contribution in [3.63, 3.8) is 0 Å². The van der Waals surface area contributed by atoms with Gasteiger partial charge in [0.05, 0.1) is 15.4 Å². The Kier molecular flexibility index (Phi) is 8.04. The minimum Gasteiger partial charge on any atom is -0.455 e. The molecule has 1 fully saturated rings. The van der Waals surface area contributed by atoms with Crippen LogP contribution in [0.5, 0.6) is 11.5 Å². The van der Waals surface area contributed by atoms with Gasteiger partial charge in [0.25, 0.3) is 11.6 Å². The quantitative estimate of drug-likeness (QED) is 0.215. The second-order valence-corrected chi connectivity index (χ2v) is 10.6. The predicted octanol–water partition coefficient (Wildman–Crippen LogP) is 4.22. The lowest BCUT2D eigenvalue weighted by molar-refractivity contribution is -0.384. The molecule has 0 spiro atoms. The highest BCUT2D eigenvalue weighted by atomic mass is 32.2. The molecule has 0 aromatic heterocycles. The van der Waals surface area contributed by atoms with Crippen molar-refractivity contribution in [3.05, 3.63) is 82.4 Å². The van der Waals surface area contributed by atoms with E-state index in [0.717, 1.165) is 32.1 Å². The van der Waals surface area contributed by atoms with E-state index < -0.39 is 20.7 Å². The van der Waals surface area contributed by atoms with Crippen LogP contribution in [0.2, 0.25) is 0 Å². The summed E-state index contributed by atoms with van der Waals surface area (Å²) in [5.41, 5.74) is 5.42. The van der Waals surface area contributed by atoms with Crippen LogP contribution in [0, 0.1) is 10.1 Å². The lowest BCUT2D eigenvalue weighted by Crippen LogP contribution is -2.22. The Morgan fingerprint density at radius 1 is 1.03 bits per heavy atom. The van der Waals surface area contributed by atoms with Crippen LogP contribution in [0.25, 0.3) is 0 Å². The van der Waals surface area contributed by atoms with Gasteiger partial charge in [0.1, 0.15) is 22.1 Å². The molecule has 194 valence electrons. The van der Waals surface area contributed by atoms with Gasteiger partial charge in [-0.05, 0) is 75.3 Å². The summed E-state index contributed by atoms with van der Waals surface area (Å²) in [5.74, 6) is -0.671. The summed E-state index contributed by atoms with van der Waals surface area (Å²) in [4.78, 5) is 24.8. The number of primary amides is 1. The van der Waals surface area contributed by atoms with Gasteiger partial charge in [0.2, 0.25) is 9.84 Å². The van der Waals surface area contributed by atoms with Gasteiger partial charge in [-0.2, -0.15) is 0 Å². The first kappa shape index (κ1) is 26.1. The van der Waals surface area contributed by atoms with Crippen LogP contribution < -0.4 is 15.8 Å². The van der Waals surface area contributed by atoms with Crippen molar-refractivity contribution < 1.29 is 22.9 Å². The Morgan fingerprint density at radius 2 is 1.70 bits per heavy atom. The molecule has 0 saturated carbocycles. The molecule has 3 aromatic rings. The number of para-hydroxylation sites is 2. The topological polar surface area (TPSA) is 145 Å². The summed E-state index contributed by atoms with van der Waals surface area (Å²) in [5, 5.41) is 14.8. The molecule has 37 heavy (non-hydrogen) atoms. The maximum atomic E-state index is 13.5. The number of rotatable bonds is 11. The van der Waals surface area contributed by atoms with E-state index in [9.17, 15) is 23.3 Å². The van der Waals surface area contributed by atoms with Crippen LogP contribution in [-0.2, 0) is 9.84 Å². The SMILES string of the molecule is NC(=O)c1ccccc1Oc1ccccc1S(=O)(=O)c1ccc(NCCCN2CCCC2)c([N+](=O)[O-])c1. The number of carbonyl (C=O) groups is 1. The van der Waals surface area contributed by atoms with E-state index in [1.165, 1.54) is 55.3 Å². The zero-order valence-corrected chi connectivity index (χ0v) is 20.9. The molecule has 10 nitrogen and oxygen atoms in total. The molecule has 4 rings (SSSR count). The minimum atomic E-state index is -4.21. The lowest BCUT2D eigenvalue weighted by Gasteiger charge is -2.15. The summed E-state index contributed by atoms with van der Waals surface area (Å²) >= 11 is 0. The summed E-state index contributed by atoms with van der Waals surface area (Å²) in [6.07, 6.45) is 3.20. The van der Waals surface area contributed by atoms with Crippen LogP contribution in [0.15, 0.2) is 76.5 Å². The smallest absolute Gasteiger partial charge is 0.293 e. The molecule has 1 heterocycles. The van der Waals surface area contributed by atoms with Crippen molar-refractivity contribution in [2.24, 2.45) is 5.73 Å². The zero-order chi connectivity index (χ0) is 26.4. The molecule has 0 radical (unpaired) electrons. The molecule has 0 aliphatic carbocycles. The molecule has 0 atom stereocenters. The molecule has 0 unspecified atom stereocenters. The van der Waals surface area contributed by atoms with Gasteiger partial charge in [0.15, 0.2) is 0 Å². The molecule has 3 aromatic carbocycles. The number of nitro groups is 1. The minimum absolute atomic E-state index is 0.0389. The van der Waals surface area contributed by atoms with Crippen molar-refractivity contribution in [2.75, 3.05) is 31.5 Å². The van der Waals surface area contributed by atoms with Crippen molar-refractivity contribution in [1.82, 2.24) is 4.90 Å². The Labute approximate surface area is 215 Å². The van der Waals surface area contributed by atoms with E-state index in [1.807, 2.05) is 0 Å². The van der Waals surface area contributed by atoms with Crippen LogP contribution in [0.1, 0.15) is 29.6 Å². The van der Waals surface area contributed by atoms with Gasteiger partial charge in [-0.15, -0.1) is 0 Å². The van der Waals surface area contributed by atoms with Crippen LogP contribution >= 0.6 is 0 Å². The highest BCUT2D eigenvalue weighted by Crippen LogP contribution is 2.36. The number of anilines is 1. The van der Waals surface area contributed by atoms with E-state index >= 15 is 0 Å². The van der Waals surface area contributed by atoms with Crippen molar-refractivity contribution in [2.45, 2.75) is 29.1 Å². The van der Waals surface area contributed by atoms with Gasteiger partial charge in [-0.3, -0.25) is 14.9 Å². The van der Waals surface area contributed by atoms with E-state index in [0.29, 0.717) is 6.54 Å². The first-order chi connectivity index (χ1) is 17.8. The largest absolute Gasteiger partial charge is 0.455 e. The monoisotopic (exact) mass is 524 g/mol. The second kappa shape index (κ2) is 11.4. The number of hydrogen-bond acceptors (Lipinski definition) is 8. The number of ether oxygens (including phenoxy) is 1. The molecule has 1 saturated heterocycles. The number of likely N-dealkylation sites (tertiary alicyclic amines) is 1. The summed E-state index contributed by atoms with van der Waals surface area (Å²) in [7, 11) is -4.21. The summed E-state index contributed by atoms with van der Waals surface area (Å²) in [6.45, 7) is 3.58. The average molecular weight is 525 g/mol. The fourth-order valence-corrected chi connectivity index (χ4v) is 5.67. The molecular formula is C26H28N4O6S. The Hall–Kier alpha value is -3.96. The van der Waals surface area contributed by atoms with Crippen molar-refractivity contribution in [3.8, 4) is 11.5 Å². The number of carbonyl (C=O) groups excluding carboxylic acids is 1. The number of nitrogens with one attached hydrogen (secondary N) is 1. The Balaban J connectivity index is 1.59. The third-order valence-corrected chi connectivity index (χ3v) is 7.94. The number of sulfone groups is 1. The average Bonchev–Trinajstić information content (AvgIpc) is 3.40. The molecule has 0 bridgehead atoms. The van der Waals surface area contributed by atoms with E-state index in [4.69, 9.17) is 10.5 Å². The highest BCUT2D eigenvalue weighted by molar-refractivity contribution is 7.91. The Morgan fingerprint density at radius 3 is 2.41 bits per heavy atom. The van der Waals surface area contributed by atoms with Gasteiger partial charge in [-0.25, -0.2) is 8.42 Å². The fourth-order valence-electron chi connectivity index (χ4n) is 4.27. The molecule has 1 aliphatic heterocycles. The maximum Gasteiger partial charge on any atom is 0.293 e. The molecular weight excluding hydrogens is 496 g/mol. The number of nitrogens with zero attached hydrogens (tertiary/aromatic N) is 2. The summed E-state index contributed by atoms with van der Waals surface area (Å²) in [6, 6.07) is 15.9. The zero-order valence-electron chi connectivity index (χ0n) is 20.1. The van der Waals surface area contributed by atoms with E-state index in [2.05, 4.69) is 10.2 Å². The van der Waals surface area contributed by atoms with Gasteiger partial charge in [0, 0.05) is 12.6 Å². The molecule has 1 aliphatic rings. The van der Waals surface area contributed by atoms with E-state index in [-0.39, 0.29) is 38.2 Å². The normalized spacial score (nSPS) is 13.8. The lowest BCUT2D eigenvalue weighted by atomic mass is 10.2. The molecule has 11 heteroatoms. The van der Waals surface area contributed by atoms with Crippen LogP contribution in [0.3, 0.4) is 0 Å². The second-order valence-electron chi connectivity index (χ2n) is 8.68. The van der Waals surface area contributed by atoms with Crippen molar-refractivity contribution >= 4 is 27.1 Å². The summed E-state index contributed by atoms with van der Waals surface area (Å²) < 4.78 is 32.9. The number of hydrogen-bond donors (Lipinski definition) is 2. The third kappa shape index (κ3) is 6.07. The third-order valence-electron chi connectivity index (χ3n) is 6.15. The molecule has 3 N–H and O–H groups in total. The Bertz CT molecular complexity index is 1400.